The lowest BCUT2D eigenvalue weighted by molar-refractivity contribution is 0.0698. The number of hydrogen-bond acceptors (Lipinski definition) is 2. The first-order valence-corrected chi connectivity index (χ1v) is 3.41. The Morgan fingerprint density at radius 3 is 2.75 bits per heavy atom. The fraction of sp³-hybridized carbons (Fsp3) is 0. The maximum absolute atomic E-state index is 10.5. The molecule has 4 nitrogen and oxygen atoms in total. The van der Waals surface area contributed by atoms with Crippen molar-refractivity contribution in [2.45, 2.75) is 0 Å². The summed E-state index contributed by atoms with van der Waals surface area (Å²) in [4.78, 5) is 10.5. The van der Waals surface area contributed by atoms with Gasteiger partial charge < -0.3 is 15.8 Å². The molecule has 5 heteroatoms. The summed E-state index contributed by atoms with van der Waals surface area (Å²) in [7, 11) is 0. The van der Waals surface area contributed by atoms with Gasteiger partial charge in [-0.1, -0.05) is 11.6 Å². The third kappa shape index (κ3) is 1.60. The van der Waals surface area contributed by atoms with E-state index in [9.17, 15) is 4.79 Å². The van der Waals surface area contributed by atoms with E-state index in [1.54, 1.807) is 0 Å². The van der Waals surface area contributed by atoms with E-state index in [2.05, 4.69) is 5.11 Å². The Hall–Kier alpha value is -1.42. The summed E-state index contributed by atoms with van der Waals surface area (Å²) in [6, 6.07) is 3.99. The van der Waals surface area contributed by atoms with Crippen LogP contribution in [0.3, 0.4) is 0 Å². The van der Waals surface area contributed by atoms with Crippen LogP contribution in [0.25, 0.3) is 5.53 Å². The van der Waals surface area contributed by atoms with Crippen molar-refractivity contribution in [1.29, 1.82) is 0 Å². The molecule has 0 spiro atoms. The summed E-state index contributed by atoms with van der Waals surface area (Å²) >= 11 is 5.53. The second kappa shape index (κ2) is 3.32. The van der Waals surface area contributed by atoms with E-state index < -0.39 is 5.97 Å². The van der Waals surface area contributed by atoms with Gasteiger partial charge in [-0.05, 0) is 18.2 Å². The van der Waals surface area contributed by atoms with E-state index in [0.717, 1.165) is 0 Å². The lowest BCUT2D eigenvalue weighted by Crippen LogP contribution is -1.95. The van der Waals surface area contributed by atoms with Gasteiger partial charge in [-0.15, -0.1) is 0 Å². The summed E-state index contributed by atoms with van der Waals surface area (Å²) in [5.74, 6) is -1.18. The number of hydrogen-bond donors (Lipinski definition) is 1. The first-order valence-electron chi connectivity index (χ1n) is 3.03. The standard InChI is InChI=1S/C7H4ClN2O2/c8-4-1-2-6(10-9)5(3-4)7(11)12/h1-3H,(H,11,12)/q-1. The van der Waals surface area contributed by atoms with Crippen molar-refractivity contribution in [2.24, 2.45) is 5.11 Å². The summed E-state index contributed by atoms with van der Waals surface area (Å²) in [5.41, 5.74) is 8.25. The molecule has 0 unspecified atom stereocenters. The van der Waals surface area contributed by atoms with E-state index >= 15 is 0 Å². The number of rotatable bonds is 2. The van der Waals surface area contributed by atoms with Gasteiger partial charge in [0.2, 0.25) is 0 Å². The van der Waals surface area contributed by atoms with Gasteiger partial charge in [-0.3, -0.25) is 0 Å². The van der Waals surface area contributed by atoms with Crippen LogP contribution < -0.4 is 0 Å². The molecule has 0 aliphatic rings. The molecule has 0 amide bonds. The van der Waals surface area contributed by atoms with Gasteiger partial charge in [0.15, 0.2) is 0 Å². The Morgan fingerprint density at radius 2 is 2.25 bits per heavy atom. The minimum atomic E-state index is -1.18. The third-order valence-electron chi connectivity index (χ3n) is 1.30. The molecule has 1 rings (SSSR count). The Bertz CT molecular complexity index is 338. The Labute approximate surface area is 73.3 Å². The molecule has 0 atom stereocenters. The predicted molar refractivity (Wildman–Crippen MR) is 43.9 cm³/mol. The van der Waals surface area contributed by atoms with Crippen molar-refractivity contribution in [3.05, 3.63) is 34.3 Å². The molecule has 1 N–H and O–H groups in total. The van der Waals surface area contributed by atoms with Crippen molar-refractivity contribution in [1.82, 2.24) is 0 Å². The van der Waals surface area contributed by atoms with E-state index in [-0.39, 0.29) is 11.3 Å². The van der Waals surface area contributed by atoms with Gasteiger partial charge in [0.25, 0.3) is 0 Å². The fourth-order valence-corrected chi connectivity index (χ4v) is 0.939. The number of nitrogens with zero attached hydrogens (tertiary/aromatic N) is 2. The van der Waals surface area contributed by atoms with Crippen LogP contribution in [-0.4, -0.2) is 11.1 Å². The van der Waals surface area contributed by atoms with Crippen LogP contribution in [0.1, 0.15) is 10.4 Å². The van der Waals surface area contributed by atoms with Crippen molar-refractivity contribution < 1.29 is 9.90 Å². The van der Waals surface area contributed by atoms with E-state index in [1.165, 1.54) is 18.2 Å². The lowest BCUT2D eigenvalue weighted by atomic mass is 10.2. The molecule has 12 heavy (non-hydrogen) atoms. The first kappa shape index (κ1) is 8.67. The average Bonchev–Trinajstić information content (AvgIpc) is 2.04. The zero-order chi connectivity index (χ0) is 9.14. The highest BCUT2D eigenvalue weighted by Crippen LogP contribution is 2.22. The molecule has 0 heterocycles. The van der Waals surface area contributed by atoms with E-state index in [0.29, 0.717) is 5.02 Å². The molecule has 1 aromatic carbocycles. The van der Waals surface area contributed by atoms with Crippen LogP contribution in [0.15, 0.2) is 23.3 Å². The molecule has 0 saturated carbocycles. The van der Waals surface area contributed by atoms with Gasteiger partial charge in [-0.25, -0.2) is 4.79 Å². The summed E-state index contributed by atoms with van der Waals surface area (Å²) in [5, 5.41) is 11.7. The average molecular weight is 184 g/mol. The smallest absolute Gasteiger partial charge is 0.337 e. The van der Waals surface area contributed by atoms with E-state index in [4.69, 9.17) is 22.2 Å². The first-order chi connectivity index (χ1) is 5.65. The number of benzene rings is 1. The maximum atomic E-state index is 10.5. The minimum absolute atomic E-state index is 0.00750. The molecule has 0 aliphatic heterocycles. The van der Waals surface area contributed by atoms with E-state index in [1.807, 2.05) is 0 Å². The molecule has 0 aliphatic carbocycles. The fourth-order valence-electron chi connectivity index (χ4n) is 0.767. The van der Waals surface area contributed by atoms with Gasteiger partial charge in [0, 0.05) is 5.02 Å². The number of carboxylic acid groups (broad SMARTS) is 1. The number of halogens is 1. The van der Waals surface area contributed by atoms with Crippen LogP contribution in [0.4, 0.5) is 5.69 Å². The molecular weight excluding hydrogens is 180 g/mol. The molecule has 1 aromatic rings. The van der Waals surface area contributed by atoms with Crippen LogP contribution in [0.2, 0.25) is 5.02 Å². The zero-order valence-corrected chi connectivity index (χ0v) is 6.62. The number of carboxylic acids is 1. The van der Waals surface area contributed by atoms with Crippen LogP contribution in [-0.2, 0) is 0 Å². The second-order valence-electron chi connectivity index (χ2n) is 2.07. The van der Waals surface area contributed by atoms with Crippen LogP contribution >= 0.6 is 11.6 Å². The molecule has 0 bridgehead atoms. The molecule has 0 aromatic heterocycles. The number of aromatic carboxylic acids is 1. The Balaban J connectivity index is 3.30. The van der Waals surface area contributed by atoms with Crippen molar-refractivity contribution in [2.75, 3.05) is 0 Å². The SMILES string of the molecule is [N-]=Nc1ccc(Cl)cc1C(=O)O. The highest BCUT2D eigenvalue weighted by molar-refractivity contribution is 6.31. The monoisotopic (exact) mass is 183 g/mol. The lowest BCUT2D eigenvalue weighted by Gasteiger charge is -2.02. The summed E-state index contributed by atoms with van der Waals surface area (Å²) in [6.07, 6.45) is 0. The van der Waals surface area contributed by atoms with Gasteiger partial charge in [0.1, 0.15) is 0 Å². The van der Waals surface area contributed by atoms with Gasteiger partial charge in [0.05, 0.1) is 11.3 Å². The summed E-state index contributed by atoms with van der Waals surface area (Å²) < 4.78 is 0. The normalized spacial score (nSPS) is 9.42. The third-order valence-corrected chi connectivity index (χ3v) is 1.53. The Morgan fingerprint density at radius 1 is 1.58 bits per heavy atom. The molecular formula is C7H4ClN2O2-. The van der Waals surface area contributed by atoms with Crippen LogP contribution in [0.5, 0.6) is 0 Å². The quantitative estimate of drug-likeness (QED) is 0.716. The second-order valence-corrected chi connectivity index (χ2v) is 2.50. The van der Waals surface area contributed by atoms with Crippen LogP contribution in [0, 0.1) is 0 Å². The zero-order valence-electron chi connectivity index (χ0n) is 5.86. The predicted octanol–water partition coefficient (Wildman–Crippen LogP) is 2.69. The Kier molecular flexibility index (Phi) is 2.40. The molecule has 0 fully saturated rings. The highest BCUT2D eigenvalue weighted by atomic mass is 35.5. The van der Waals surface area contributed by atoms with Gasteiger partial charge in [-0.2, -0.15) is 0 Å². The van der Waals surface area contributed by atoms with Crippen molar-refractivity contribution in [3.8, 4) is 0 Å². The van der Waals surface area contributed by atoms with Gasteiger partial charge >= 0.3 is 5.97 Å². The minimum Gasteiger partial charge on any atom is -0.706 e. The summed E-state index contributed by atoms with van der Waals surface area (Å²) in [6.45, 7) is 0. The van der Waals surface area contributed by atoms with Crippen molar-refractivity contribution in [3.63, 3.8) is 0 Å². The molecule has 0 saturated heterocycles. The highest BCUT2D eigenvalue weighted by Gasteiger charge is 2.07. The topological polar surface area (TPSA) is 72.0 Å². The maximum Gasteiger partial charge on any atom is 0.337 e. The molecule has 0 radical (unpaired) electrons. The number of carbonyl (C=O) groups is 1. The molecule has 62 valence electrons. The largest absolute Gasteiger partial charge is 0.706 e. The van der Waals surface area contributed by atoms with Crippen molar-refractivity contribution >= 4 is 23.3 Å².